The first kappa shape index (κ1) is 17.6. The molecule has 2 amide bonds. The molecule has 25 heavy (non-hydrogen) atoms. The maximum Gasteiger partial charge on any atom is 0.240 e. The fraction of sp³-hybridized carbons (Fsp3) is 0.579. The van der Waals surface area contributed by atoms with Gasteiger partial charge in [0.05, 0.1) is 26.2 Å². The van der Waals surface area contributed by atoms with E-state index in [1.165, 1.54) is 0 Å². The van der Waals surface area contributed by atoms with Crippen LogP contribution in [0.5, 0.6) is 11.5 Å². The van der Waals surface area contributed by atoms with Gasteiger partial charge in [-0.25, -0.2) is 0 Å². The fourth-order valence-electron chi connectivity index (χ4n) is 4.26. The van der Waals surface area contributed by atoms with Gasteiger partial charge in [-0.05, 0) is 31.4 Å². The zero-order chi connectivity index (χ0) is 18.0. The second-order valence-electron chi connectivity index (χ2n) is 7.07. The van der Waals surface area contributed by atoms with Gasteiger partial charge in [0.2, 0.25) is 11.8 Å². The number of benzene rings is 1. The third-order valence-corrected chi connectivity index (χ3v) is 5.65. The lowest BCUT2D eigenvalue weighted by atomic mass is 9.72. The SMILES string of the molecule is COc1ccc(CN2C(=O)C3(CCCCC3)CC2C(N)=O)c(OC)c1. The van der Waals surface area contributed by atoms with Crippen LogP contribution in [0.3, 0.4) is 0 Å². The predicted molar refractivity (Wildman–Crippen MR) is 93.2 cm³/mol. The molecule has 1 aromatic carbocycles. The molecule has 136 valence electrons. The molecule has 1 heterocycles. The van der Waals surface area contributed by atoms with Gasteiger partial charge in [-0.15, -0.1) is 0 Å². The normalized spacial score (nSPS) is 22.2. The Morgan fingerprint density at radius 3 is 2.56 bits per heavy atom. The van der Waals surface area contributed by atoms with Gasteiger partial charge >= 0.3 is 0 Å². The summed E-state index contributed by atoms with van der Waals surface area (Å²) in [5.74, 6) is 0.959. The maximum absolute atomic E-state index is 13.2. The minimum absolute atomic E-state index is 0.0638. The van der Waals surface area contributed by atoms with Gasteiger partial charge in [0.15, 0.2) is 0 Å². The highest BCUT2D eigenvalue weighted by molar-refractivity contribution is 5.93. The number of likely N-dealkylation sites (tertiary alicyclic amines) is 1. The largest absolute Gasteiger partial charge is 0.497 e. The second-order valence-corrected chi connectivity index (χ2v) is 7.07. The van der Waals surface area contributed by atoms with Crippen molar-refractivity contribution >= 4 is 11.8 Å². The Hall–Kier alpha value is -2.24. The summed E-state index contributed by atoms with van der Waals surface area (Å²) in [6, 6.07) is 4.94. The Labute approximate surface area is 148 Å². The van der Waals surface area contributed by atoms with E-state index in [0.29, 0.717) is 24.5 Å². The van der Waals surface area contributed by atoms with Crippen LogP contribution in [-0.2, 0) is 16.1 Å². The van der Waals surface area contributed by atoms with E-state index in [-0.39, 0.29) is 5.91 Å². The summed E-state index contributed by atoms with van der Waals surface area (Å²) in [6.45, 7) is 0.321. The molecule has 1 saturated heterocycles. The highest BCUT2D eigenvalue weighted by atomic mass is 16.5. The van der Waals surface area contributed by atoms with E-state index in [1.807, 2.05) is 12.1 Å². The first-order valence-corrected chi connectivity index (χ1v) is 8.82. The Morgan fingerprint density at radius 2 is 1.96 bits per heavy atom. The number of nitrogens with zero attached hydrogens (tertiary/aromatic N) is 1. The minimum Gasteiger partial charge on any atom is -0.497 e. The van der Waals surface area contributed by atoms with Crippen LogP contribution in [0.25, 0.3) is 0 Å². The zero-order valence-corrected chi connectivity index (χ0v) is 14.9. The van der Waals surface area contributed by atoms with E-state index < -0.39 is 17.4 Å². The van der Waals surface area contributed by atoms with Crippen LogP contribution in [0.15, 0.2) is 18.2 Å². The van der Waals surface area contributed by atoms with Crippen LogP contribution in [0, 0.1) is 5.41 Å². The molecule has 2 aliphatic rings. The summed E-state index contributed by atoms with van der Waals surface area (Å²) in [5, 5.41) is 0. The Bertz CT molecular complexity index is 667. The Kier molecular flexibility index (Phi) is 4.88. The molecule has 2 N–H and O–H groups in total. The van der Waals surface area contributed by atoms with E-state index in [1.54, 1.807) is 25.2 Å². The van der Waals surface area contributed by atoms with Crippen molar-refractivity contribution in [1.82, 2.24) is 4.90 Å². The molecule has 1 spiro atoms. The summed E-state index contributed by atoms with van der Waals surface area (Å²) in [4.78, 5) is 26.8. The van der Waals surface area contributed by atoms with Crippen molar-refractivity contribution in [1.29, 1.82) is 0 Å². The van der Waals surface area contributed by atoms with Gasteiger partial charge in [-0.2, -0.15) is 0 Å². The summed E-state index contributed by atoms with van der Waals surface area (Å²) in [6.07, 6.45) is 5.48. The molecule has 2 fully saturated rings. The van der Waals surface area contributed by atoms with Crippen LogP contribution < -0.4 is 15.2 Å². The van der Waals surface area contributed by atoms with Crippen molar-refractivity contribution in [2.24, 2.45) is 11.1 Å². The Balaban J connectivity index is 1.89. The maximum atomic E-state index is 13.2. The third-order valence-electron chi connectivity index (χ3n) is 5.65. The summed E-state index contributed by atoms with van der Waals surface area (Å²) in [7, 11) is 3.17. The van der Waals surface area contributed by atoms with E-state index in [4.69, 9.17) is 15.2 Å². The molecular formula is C19H26N2O4. The lowest BCUT2D eigenvalue weighted by molar-refractivity contribution is -0.140. The van der Waals surface area contributed by atoms with Crippen molar-refractivity contribution in [3.05, 3.63) is 23.8 Å². The first-order chi connectivity index (χ1) is 12.0. The van der Waals surface area contributed by atoms with Crippen LogP contribution in [-0.4, -0.2) is 37.0 Å². The van der Waals surface area contributed by atoms with Gasteiger partial charge in [-0.1, -0.05) is 19.3 Å². The topological polar surface area (TPSA) is 81.9 Å². The second kappa shape index (κ2) is 6.94. The summed E-state index contributed by atoms with van der Waals surface area (Å²) in [5.41, 5.74) is 6.06. The van der Waals surface area contributed by atoms with Gasteiger partial charge in [0.25, 0.3) is 0 Å². The molecule has 1 aromatic rings. The first-order valence-electron chi connectivity index (χ1n) is 8.82. The summed E-state index contributed by atoms with van der Waals surface area (Å²) < 4.78 is 10.6. The van der Waals surface area contributed by atoms with Crippen molar-refractivity contribution < 1.29 is 19.1 Å². The molecule has 1 atom stereocenters. The van der Waals surface area contributed by atoms with Crippen molar-refractivity contribution in [2.75, 3.05) is 14.2 Å². The molecule has 1 saturated carbocycles. The number of amides is 2. The van der Waals surface area contributed by atoms with Crippen LogP contribution in [0.4, 0.5) is 0 Å². The van der Waals surface area contributed by atoms with Crippen LogP contribution in [0.1, 0.15) is 44.1 Å². The molecule has 6 heteroatoms. The van der Waals surface area contributed by atoms with Crippen LogP contribution >= 0.6 is 0 Å². The quantitative estimate of drug-likeness (QED) is 0.886. The fourth-order valence-corrected chi connectivity index (χ4v) is 4.26. The van der Waals surface area contributed by atoms with Crippen molar-refractivity contribution in [3.63, 3.8) is 0 Å². The molecular weight excluding hydrogens is 320 g/mol. The molecule has 6 nitrogen and oxygen atoms in total. The monoisotopic (exact) mass is 346 g/mol. The molecule has 3 rings (SSSR count). The number of primary amides is 1. The molecule has 1 unspecified atom stereocenters. The number of hydrogen-bond donors (Lipinski definition) is 1. The number of nitrogens with two attached hydrogens (primary N) is 1. The molecule has 0 aromatic heterocycles. The van der Waals surface area contributed by atoms with E-state index in [0.717, 1.165) is 37.7 Å². The van der Waals surface area contributed by atoms with Crippen molar-refractivity contribution in [2.45, 2.75) is 51.1 Å². The smallest absolute Gasteiger partial charge is 0.240 e. The van der Waals surface area contributed by atoms with Gasteiger partial charge in [0.1, 0.15) is 17.5 Å². The zero-order valence-electron chi connectivity index (χ0n) is 14.9. The highest BCUT2D eigenvalue weighted by Crippen LogP contribution is 2.48. The number of hydrogen-bond acceptors (Lipinski definition) is 4. The van der Waals surface area contributed by atoms with Gasteiger partial charge < -0.3 is 20.1 Å². The molecule has 0 bridgehead atoms. The lowest BCUT2D eigenvalue weighted by Gasteiger charge is -2.31. The highest BCUT2D eigenvalue weighted by Gasteiger charge is 2.53. The van der Waals surface area contributed by atoms with Gasteiger partial charge in [-0.3, -0.25) is 9.59 Å². The average molecular weight is 346 g/mol. The molecule has 0 radical (unpaired) electrons. The van der Waals surface area contributed by atoms with Crippen molar-refractivity contribution in [3.8, 4) is 11.5 Å². The van der Waals surface area contributed by atoms with Crippen LogP contribution in [0.2, 0.25) is 0 Å². The standard InChI is InChI=1S/C19H26N2O4/c1-24-14-7-6-13(16(10-14)25-2)12-21-15(17(20)22)11-19(18(21)23)8-4-3-5-9-19/h6-7,10,15H,3-5,8-9,11-12H2,1-2H3,(H2,20,22). The number of carbonyl (C=O) groups is 2. The lowest BCUT2D eigenvalue weighted by Crippen LogP contribution is -2.42. The molecule has 1 aliphatic carbocycles. The number of ether oxygens (including phenoxy) is 2. The average Bonchev–Trinajstić information content (AvgIpc) is 2.89. The van der Waals surface area contributed by atoms with E-state index in [9.17, 15) is 9.59 Å². The number of methoxy groups -OCH3 is 2. The number of rotatable bonds is 5. The molecule has 1 aliphatic heterocycles. The van der Waals surface area contributed by atoms with E-state index in [2.05, 4.69) is 0 Å². The number of carbonyl (C=O) groups excluding carboxylic acids is 2. The Morgan fingerprint density at radius 1 is 1.24 bits per heavy atom. The summed E-state index contributed by atoms with van der Waals surface area (Å²) >= 11 is 0. The van der Waals surface area contributed by atoms with Gasteiger partial charge in [0, 0.05) is 11.6 Å². The van der Waals surface area contributed by atoms with E-state index >= 15 is 0 Å². The third kappa shape index (κ3) is 3.17. The minimum atomic E-state index is -0.544. The predicted octanol–water partition coefficient (Wildman–Crippen LogP) is 2.24.